The number of nitriles is 1. The first-order valence-corrected chi connectivity index (χ1v) is 5.67. The first kappa shape index (κ1) is 9.56. The van der Waals surface area contributed by atoms with Crippen molar-refractivity contribution in [2.75, 3.05) is 6.54 Å². The maximum atomic E-state index is 8.87. The average Bonchev–Trinajstić information content (AvgIpc) is 2.30. The summed E-state index contributed by atoms with van der Waals surface area (Å²) in [6, 6.07) is 4.56. The third-order valence-corrected chi connectivity index (χ3v) is 3.51. The highest BCUT2D eigenvalue weighted by Gasteiger charge is 2.35. The molecule has 1 aromatic rings. The van der Waals surface area contributed by atoms with Gasteiger partial charge in [0.25, 0.3) is 0 Å². The van der Waals surface area contributed by atoms with Crippen LogP contribution in [0.3, 0.4) is 0 Å². The van der Waals surface area contributed by atoms with Gasteiger partial charge in [-0.25, -0.2) is 0 Å². The van der Waals surface area contributed by atoms with E-state index in [0.717, 1.165) is 24.4 Å². The van der Waals surface area contributed by atoms with Crippen LogP contribution in [0.4, 0.5) is 0 Å². The van der Waals surface area contributed by atoms with Crippen LogP contribution < -0.4 is 5.32 Å². The molecule has 80 valence electrons. The minimum Gasteiger partial charge on any atom is -0.309 e. The number of nitrogens with one attached hydrogen (secondary N) is 1. The number of rotatable bonds is 1. The Morgan fingerprint density at radius 2 is 2.38 bits per heavy atom. The molecule has 2 unspecified atom stereocenters. The maximum absolute atomic E-state index is 8.87. The molecule has 3 rings (SSSR count). The molecule has 0 spiro atoms. The van der Waals surface area contributed by atoms with Gasteiger partial charge in [-0.1, -0.05) is 6.08 Å². The zero-order valence-corrected chi connectivity index (χ0v) is 8.98. The summed E-state index contributed by atoms with van der Waals surface area (Å²) in [5.41, 5.74) is 3.06. The molecule has 3 nitrogen and oxygen atoms in total. The molecule has 2 heterocycles. The number of hydrogen-bond acceptors (Lipinski definition) is 3. The van der Waals surface area contributed by atoms with Gasteiger partial charge < -0.3 is 5.32 Å². The fourth-order valence-electron chi connectivity index (χ4n) is 2.57. The van der Waals surface area contributed by atoms with E-state index < -0.39 is 0 Å². The van der Waals surface area contributed by atoms with Crippen molar-refractivity contribution in [3.63, 3.8) is 0 Å². The summed E-state index contributed by atoms with van der Waals surface area (Å²) in [5.74, 6) is 0.783. The molecule has 3 heteroatoms. The van der Waals surface area contributed by atoms with Gasteiger partial charge in [-0.3, -0.25) is 4.98 Å². The molecule has 1 saturated heterocycles. The van der Waals surface area contributed by atoms with E-state index in [9.17, 15) is 0 Å². The monoisotopic (exact) mass is 211 g/mol. The lowest BCUT2D eigenvalue weighted by atomic mass is 9.76. The largest absolute Gasteiger partial charge is 0.309 e. The lowest BCUT2D eigenvalue weighted by Gasteiger charge is -2.42. The van der Waals surface area contributed by atoms with Gasteiger partial charge in [-0.15, -0.1) is 0 Å². The molecule has 1 aliphatic heterocycles. The van der Waals surface area contributed by atoms with E-state index in [1.54, 1.807) is 6.20 Å². The van der Waals surface area contributed by atoms with Crippen LogP contribution in [0.1, 0.15) is 24.0 Å². The quantitative estimate of drug-likeness (QED) is 0.769. The van der Waals surface area contributed by atoms with Crippen molar-refractivity contribution in [2.24, 2.45) is 5.92 Å². The van der Waals surface area contributed by atoms with Gasteiger partial charge in [0.15, 0.2) is 0 Å². The van der Waals surface area contributed by atoms with Crippen molar-refractivity contribution in [3.05, 3.63) is 35.7 Å². The Labute approximate surface area is 94.8 Å². The van der Waals surface area contributed by atoms with Gasteiger partial charge in [0, 0.05) is 25.0 Å². The standard InChI is InChI=1S/C13H13N3/c14-5-9-4-11(7-15-6-9)12-3-1-2-10-8-16-13(10)12/h3-4,6-7,10,13,16H,1-2,8H2. The summed E-state index contributed by atoms with van der Waals surface area (Å²) in [6.07, 6.45) is 8.18. The van der Waals surface area contributed by atoms with Gasteiger partial charge in [0.05, 0.1) is 5.56 Å². The summed E-state index contributed by atoms with van der Waals surface area (Å²) in [7, 11) is 0. The second-order valence-electron chi connectivity index (χ2n) is 4.46. The SMILES string of the molecule is N#Cc1cncc(C2=CCCC3CNC23)c1. The Bertz CT molecular complexity index is 484. The van der Waals surface area contributed by atoms with Gasteiger partial charge in [0.2, 0.25) is 0 Å². The van der Waals surface area contributed by atoms with E-state index >= 15 is 0 Å². The Balaban J connectivity index is 1.97. The molecule has 1 aromatic heterocycles. The van der Waals surface area contributed by atoms with E-state index in [0.29, 0.717) is 11.6 Å². The van der Waals surface area contributed by atoms with E-state index in [1.165, 1.54) is 12.0 Å². The molecular weight excluding hydrogens is 198 g/mol. The Morgan fingerprint density at radius 3 is 3.12 bits per heavy atom. The Kier molecular flexibility index (Phi) is 2.23. The van der Waals surface area contributed by atoms with E-state index in [2.05, 4.69) is 22.4 Å². The van der Waals surface area contributed by atoms with Gasteiger partial charge in [0.1, 0.15) is 6.07 Å². The normalized spacial score (nSPS) is 27.3. The van der Waals surface area contributed by atoms with Crippen LogP contribution in [-0.4, -0.2) is 17.6 Å². The molecule has 1 aliphatic carbocycles. The number of fused-ring (bicyclic) bond motifs is 1. The van der Waals surface area contributed by atoms with Crippen LogP contribution in [0.5, 0.6) is 0 Å². The van der Waals surface area contributed by atoms with Crippen LogP contribution in [-0.2, 0) is 0 Å². The molecule has 0 radical (unpaired) electrons. The van der Waals surface area contributed by atoms with Crippen LogP contribution >= 0.6 is 0 Å². The summed E-state index contributed by atoms with van der Waals surface area (Å²) in [6.45, 7) is 1.13. The number of aromatic nitrogens is 1. The summed E-state index contributed by atoms with van der Waals surface area (Å²) < 4.78 is 0. The highest BCUT2D eigenvalue weighted by molar-refractivity contribution is 5.72. The number of pyridine rings is 1. The first-order valence-electron chi connectivity index (χ1n) is 5.67. The Hall–Kier alpha value is -1.66. The fraction of sp³-hybridized carbons (Fsp3) is 0.385. The van der Waals surface area contributed by atoms with Crippen molar-refractivity contribution in [2.45, 2.75) is 18.9 Å². The van der Waals surface area contributed by atoms with Crippen LogP contribution in [0.15, 0.2) is 24.5 Å². The molecule has 0 amide bonds. The molecule has 1 N–H and O–H groups in total. The highest BCUT2D eigenvalue weighted by Crippen LogP contribution is 2.35. The summed E-state index contributed by atoms with van der Waals surface area (Å²) >= 11 is 0. The van der Waals surface area contributed by atoms with Crippen molar-refractivity contribution in [1.82, 2.24) is 10.3 Å². The lowest BCUT2D eigenvalue weighted by Crippen LogP contribution is -2.54. The van der Waals surface area contributed by atoms with Gasteiger partial charge in [-0.05, 0) is 36.0 Å². The zero-order valence-electron chi connectivity index (χ0n) is 8.98. The molecule has 0 bridgehead atoms. The van der Waals surface area contributed by atoms with Gasteiger partial charge >= 0.3 is 0 Å². The van der Waals surface area contributed by atoms with E-state index in [4.69, 9.17) is 5.26 Å². The second kappa shape index (κ2) is 3.73. The third kappa shape index (κ3) is 1.43. The van der Waals surface area contributed by atoms with Crippen LogP contribution in [0.25, 0.3) is 5.57 Å². The number of allylic oxidation sites excluding steroid dienone is 1. The smallest absolute Gasteiger partial charge is 0.101 e. The van der Waals surface area contributed by atoms with E-state index in [-0.39, 0.29) is 0 Å². The molecule has 2 aliphatic rings. The van der Waals surface area contributed by atoms with Gasteiger partial charge in [-0.2, -0.15) is 5.26 Å². The van der Waals surface area contributed by atoms with Crippen LogP contribution in [0, 0.1) is 17.2 Å². The predicted octanol–water partition coefficient (Wildman–Crippen LogP) is 1.72. The maximum Gasteiger partial charge on any atom is 0.101 e. The summed E-state index contributed by atoms with van der Waals surface area (Å²) in [5, 5.41) is 12.3. The minimum atomic E-state index is 0.490. The molecule has 2 atom stereocenters. The molecule has 16 heavy (non-hydrogen) atoms. The highest BCUT2D eigenvalue weighted by atomic mass is 15.0. The predicted molar refractivity (Wildman–Crippen MR) is 61.4 cm³/mol. The minimum absolute atomic E-state index is 0.490. The molecule has 0 saturated carbocycles. The molecular formula is C13H13N3. The van der Waals surface area contributed by atoms with Crippen molar-refractivity contribution < 1.29 is 0 Å². The third-order valence-electron chi connectivity index (χ3n) is 3.51. The van der Waals surface area contributed by atoms with Crippen molar-refractivity contribution >= 4 is 5.57 Å². The zero-order chi connectivity index (χ0) is 11.0. The second-order valence-corrected chi connectivity index (χ2v) is 4.46. The lowest BCUT2D eigenvalue weighted by molar-refractivity contribution is 0.262. The Morgan fingerprint density at radius 1 is 1.44 bits per heavy atom. The van der Waals surface area contributed by atoms with Crippen LogP contribution in [0.2, 0.25) is 0 Å². The van der Waals surface area contributed by atoms with Crippen molar-refractivity contribution in [1.29, 1.82) is 5.26 Å². The average molecular weight is 211 g/mol. The summed E-state index contributed by atoms with van der Waals surface area (Å²) in [4.78, 5) is 4.12. The molecule has 0 aromatic carbocycles. The molecule has 1 fully saturated rings. The number of nitrogens with zero attached hydrogens (tertiary/aromatic N) is 2. The van der Waals surface area contributed by atoms with E-state index in [1.807, 2.05) is 12.3 Å². The van der Waals surface area contributed by atoms with Crippen molar-refractivity contribution in [3.8, 4) is 6.07 Å². The number of hydrogen-bond donors (Lipinski definition) is 1. The fourth-order valence-corrected chi connectivity index (χ4v) is 2.57. The topological polar surface area (TPSA) is 48.7 Å². The first-order chi connectivity index (χ1) is 7.88.